The largest absolute Gasteiger partial charge is 2.00 e. The minimum atomic E-state index is 0. The normalized spacial score (nSPS) is 12.0. The summed E-state index contributed by atoms with van der Waals surface area (Å²) in [6.45, 7) is 14.4. The van der Waals surface area contributed by atoms with Gasteiger partial charge in [-0.05, 0) is 41.0 Å². The van der Waals surface area contributed by atoms with Crippen LogP contribution in [-0.4, -0.2) is 0 Å². The van der Waals surface area contributed by atoms with Crippen molar-refractivity contribution in [1.82, 2.24) is 0 Å². The smallest absolute Gasteiger partial charge is 1.00 e. The van der Waals surface area contributed by atoms with E-state index in [1.165, 1.54) is 27.8 Å². The van der Waals surface area contributed by atoms with Gasteiger partial charge in [-0.25, -0.2) is 0 Å². The molecule has 3 rings (SSSR count). The molecule has 0 atom stereocenters. The maximum Gasteiger partial charge on any atom is 2.00 e. The summed E-state index contributed by atoms with van der Waals surface area (Å²) >= 11 is 0. The van der Waals surface area contributed by atoms with Crippen molar-refractivity contribution < 1.29 is 46.5 Å². The number of allylic oxidation sites excluding steroid dienone is 4. The van der Waals surface area contributed by atoms with Gasteiger partial charge in [-0.2, -0.15) is 18.6 Å². The van der Waals surface area contributed by atoms with E-state index in [0.717, 1.165) is 23.1 Å². The topological polar surface area (TPSA) is 23.8 Å². The molecule has 27 heavy (non-hydrogen) atoms. The van der Waals surface area contributed by atoms with Crippen molar-refractivity contribution in [2.45, 2.75) is 41.0 Å². The van der Waals surface area contributed by atoms with E-state index in [9.17, 15) is 0 Å². The van der Waals surface area contributed by atoms with Crippen LogP contribution in [0, 0.1) is 27.7 Å². The van der Waals surface area contributed by atoms with Gasteiger partial charge in [-0.15, -0.1) is 23.4 Å². The molecule has 1 nitrogen and oxygen atoms in total. The molecule has 0 amide bonds. The van der Waals surface area contributed by atoms with Gasteiger partial charge in [0.15, 0.2) is 0 Å². The summed E-state index contributed by atoms with van der Waals surface area (Å²) < 4.78 is 0. The summed E-state index contributed by atoms with van der Waals surface area (Å²) in [4.78, 5) is 0. The van der Waals surface area contributed by atoms with Gasteiger partial charge in [0.1, 0.15) is 0 Å². The first-order chi connectivity index (χ1) is 11.3. The van der Waals surface area contributed by atoms with Crippen LogP contribution in [0.15, 0.2) is 53.6 Å². The van der Waals surface area contributed by atoms with Crippen molar-refractivity contribution in [2.24, 2.45) is 0 Å². The zero-order chi connectivity index (χ0) is 17.9. The van der Waals surface area contributed by atoms with Crippen molar-refractivity contribution in [2.75, 3.05) is 0 Å². The Morgan fingerprint density at radius 1 is 0.889 bits per heavy atom. The molecule has 0 spiro atoms. The molecular weight excluding hydrogens is 409 g/mol. The minimum Gasteiger partial charge on any atom is -1.00 e. The van der Waals surface area contributed by atoms with Crippen molar-refractivity contribution in [3.8, 4) is 0 Å². The fraction of sp³-hybridized carbons (Fsp3) is 0.261. The van der Waals surface area contributed by atoms with Gasteiger partial charge in [-0.1, -0.05) is 57.7 Å². The molecule has 0 saturated heterocycles. The molecule has 0 heterocycles. The third-order valence-corrected chi connectivity index (χ3v) is 4.68. The van der Waals surface area contributed by atoms with Gasteiger partial charge in [0.25, 0.3) is 0 Å². The fourth-order valence-corrected chi connectivity index (χ4v) is 3.11. The van der Waals surface area contributed by atoms with E-state index >= 15 is 0 Å². The van der Waals surface area contributed by atoms with E-state index in [2.05, 4.69) is 52.0 Å². The van der Waals surface area contributed by atoms with Crippen molar-refractivity contribution in [3.05, 3.63) is 94.1 Å². The molecule has 1 aliphatic rings. The number of benzene rings is 2. The maximum absolute atomic E-state index is 7.54. The van der Waals surface area contributed by atoms with Gasteiger partial charge in [0, 0.05) is 0 Å². The summed E-state index contributed by atoms with van der Waals surface area (Å²) in [5.41, 5.74) is 18.3. The van der Waals surface area contributed by atoms with Crippen LogP contribution >= 0.6 is 0 Å². The second-order valence-corrected chi connectivity index (χ2v) is 6.63. The standard InChI is InChI=1S/C14H15.C9H12N.2ClH.Ti/c1-10-8-9-14(12(10)3)13-7-5-4-6-11(13)2;1-6-4-7(2)9(10)8(3)5-6;;;/h4-8H,2,9H2,1,3H3;4-5,10H,1-3H3;2*1H;/q2*-1;;;+2/p-2. The van der Waals surface area contributed by atoms with Crippen molar-refractivity contribution >= 4 is 11.3 Å². The van der Waals surface area contributed by atoms with Crippen LogP contribution in [0.25, 0.3) is 11.3 Å². The molecule has 0 aromatic heterocycles. The van der Waals surface area contributed by atoms with Crippen LogP contribution in [0.1, 0.15) is 48.1 Å². The molecule has 2 aromatic rings. The zero-order valence-corrected chi connectivity index (χ0v) is 19.8. The van der Waals surface area contributed by atoms with Crippen LogP contribution in [0.3, 0.4) is 0 Å². The Labute approximate surface area is 192 Å². The monoisotopic (exact) mass is 435 g/mol. The Balaban J connectivity index is 0. The second-order valence-electron chi connectivity index (χ2n) is 6.63. The van der Waals surface area contributed by atoms with Crippen LogP contribution in [0.5, 0.6) is 0 Å². The number of nitrogens with one attached hydrogen (secondary N) is 1. The first-order valence-corrected chi connectivity index (χ1v) is 8.39. The van der Waals surface area contributed by atoms with Gasteiger partial charge in [0.2, 0.25) is 0 Å². The maximum atomic E-state index is 7.54. The fourth-order valence-electron chi connectivity index (χ4n) is 3.11. The molecule has 144 valence electrons. The Hall–Kier alpha value is -1.12. The average molecular weight is 436 g/mol. The molecular formula is C23H27Cl2NTi-2. The number of aryl methyl sites for hydroxylation is 3. The Morgan fingerprint density at radius 3 is 1.85 bits per heavy atom. The van der Waals surface area contributed by atoms with E-state index in [-0.39, 0.29) is 46.5 Å². The zero-order valence-electron chi connectivity index (χ0n) is 16.7. The molecule has 0 fully saturated rings. The number of halogens is 2. The first kappa shape index (κ1) is 28.1. The Kier molecular flexibility index (Phi) is 12.9. The molecule has 0 radical (unpaired) electrons. The second kappa shape index (κ2) is 12.4. The predicted molar refractivity (Wildman–Crippen MR) is 107 cm³/mol. The van der Waals surface area contributed by atoms with Crippen molar-refractivity contribution in [1.29, 1.82) is 0 Å². The molecule has 0 aliphatic heterocycles. The number of hydrogen-bond donors (Lipinski definition) is 0. The quantitative estimate of drug-likeness (QED) is 0.476. The van der Waals surface area contributed by atoms with Crippen LogP contribution in [0.2, 0.25) is 0 Å². The molecule has 2 aromatic carbocycles. The third-order valence-electron chi connectivity index (χ3n) is 4.68. The van der Waals surface area contributed by atoms with Crippen LogP contribution in [0.4, 0.5) is 5.69 Å². The van der Waals surface area contributed by atoms with Crippen molar-refractivity contribution in [3.63, 3.8) is 0 Å². The molecule has 0 saturated carbocycles. The minimum absolute atomic E-state index is 0. The average Bonchev–Trinajstić information content (AvgIpc) is 2.86. The van der Waals surface area contributed by atoms with Gasteiger partial charge in [-0.3, -0.25) is 0 Å². The summed E-state index contributed by atoms with van der Waals surface area (Å²) in [5.74, 6) is 0. The molecule has 1 aliphatic carbocycles. The Morgan fingerprint density at radius 2 is 1.41 bits per heavy atom. The summed E-state index contributed by atoms with van der Waals surface area (Å²) in [6, 6.07) is 12.4. The van der Waals surface area contributed by atoms with Gasteiger partial charge < -0.3 is 30.5 Å². The summed E-state index contributed by atoms with van der Waals surface area (Å²) in [7, 11) is 0. The summed E-state index contributed by atoms with van der Waals surface area (Å²) in [6.07, 6.45) is 3.35. The van der Waals surface area contributed by atoms with E-state index in [1.807, 2.05) is 32.0 Å². The van der Waals surface area contributed by atoms with E-state index in [4.69, 9.17) is 5.73 Å². The molecule has 1 N–H and O–H groups in total. The van der Waals surface area contributed by atoms with E-state index in [0.29, 0.717) is 5.69 Å². The molecule has 4 heteroatoms. The van der Waals surface area contributed by atoms with E-state index in [1.54, 1.807) is 0 Å². The van der Waals surface area contributed by atoms with Gasteiger partial charge >= 0.3 is 21.7 Å². The Bertz CT molecular complexity index is 800. The summed E-state index contributed by atoms with van der Waals surface area (Å²) in [5, 5.41) is 0. The van der Waals surface area contributed by atoms with E-state index < -0.39 is 0 Å². The number of rotatable bonds is 1. The van der Waals surface area contributed by atoms with Crippen LogP contribution in [-0.2, 0) is 21.7 Å². The molecule has 0 unspecified atom stereocenters. The predicted octanol–water partition coefficient (Wildman–Crippen LogP) is 1.29. The first-order valence-electron chi connectivity index (χ1n) is 8.39. The van der Waals surface area contributed by atoms with Gasteiger partial charge in [0.05, 0.1) is 0 Å². The SMILES string of the molecule is Cc1cc(C)c([NH-])c(C)c1.[CH2-]c1ccccc1C1=C(C)C(C)=CC1.[Cl-].[Cl-].[Ti+2]. The third kappa shape index (κ3) is 7.09. The molecule has 0 bridgehead atoms. The number of hydrogen-bond acceptors (Lipinski definition) is 0. The van der Waals surface area contributed by atoms with Crippen LogP contribution < -0.4 is 24.8 Å².